The lowest BCUT2D eigenvalue weighted by Crippen LogP contribution is -2.41. The first-order chi connectivity index (χ1) is 12.1. The number of hydrogen-bond acceptors (Lipinski definition) is 5. The molecular formula is C19H21NO4S. The van der Waals surface area contributed by atoms with Crippen LogP contribution in [0.4, 0.5) is 4.79 Å². The Bertz CT molecular complexity index is 664. The van der Waals surface area contributed by atoms with Crippen LogP contribution in [0.2, 0.25) is 0 Å². The molecule has 2 rings (SSSR count). The summed E-state index contributed by atoms with van der Waals surface area (Å²) < 4.78 is 10.9. The summed E-state index contributed by atoms with van der Waals surface area (Å²) in [6, 6.07) is 18.4. The van der Waals surface area contributed by atoms with E-state index in [0.29, 0.717) is 11.5 Å². The summed E-state index contributed by atoms with van der Waals surface area (Å²) in [6.45, 7) is 1.94. The molecule has 132 valence electrons. The molecule has 1 atom stereocenters. The molecule has 0 spiro atoms. The third-order valence-corrected chi connectivity index (χ3v) is 4.19. The van der Waals surface area contributed by atoms with Gasteiger partial charge in [0.15, 0.2) is 5.12 Å². The zero-order chi connectivity index (χ0) is 17.9. The van der Waals surface area contributed by atoms with Crippen LogP contribution in [-0.4, -0.2) is 29.6 Å². The van der Waals surface area contributed by atoms with Gasteiger partial charge in [0, 0.05) is 12.7 Å². The van der Waals surface area contributed by atoms with Crippen LogP contribution in [0.15, 0.2) is 60.7 Å². The number of ether oxygens (including phenoxy) is 2. The van der Waals surface area contributed by atoms with Gasteiger partial charge < -0.3 is 14.8 Å². The van der Waals surface area contributed by atoms with Gasteiger partial charge in [-0.3, -0.25) is 4.79 Å². The van der Waals surface area contributed by atoms with Gasteiger partial charge in [-0.15, -0.1) is 0 Å². The fourth-order valence-electron chi connectivity index (χ4n) is 1.99. The molecule has 5 nitrogen and oxygen atoms in total. The van der Waals surface area contributed by atoms with Crippen molar-refractivity contribution >= 4 is 23.0 Å². The molecule has 2 aromatic carbocycles. The average molecular weight is 359 g/mol. The third kappa shape index (κ3) is 7.76. The highest BCUT2D eigenvalue weighted by atomic mass is 32.2. The lowest BCUT2D eigenvalue weighted by atomic mass is 10.2. The molecule has 1 N–H and O–H groups in total. The van der Waals surface area contributed by atoms with Crippen LogP contribution in [0.3, 0.4) is 0 Å². The largest absolute Gasteiger partial charge is 0.491 e. The molecule has 6 heteroatoms. The van der Waals surface area contributed by atoms with Crippen LogP contribution < -0.4 is 10.1 Å². The Balaban J connectivity index is 1.83. The Morgan fingerprint density at radius 3 is 2.32 bits per heavy atom. The predicted molar refractivity (Wildman–Crippen MR) is 98.6 cm³/mol. The highest BCUT2D eigenvalue weighted by Crippen LogP contribution is 2.11. The Labute approximate surface area is 151 Å². The second-order valence-electron chi connectivity index (χ2n) is 5.33. The summed E-state index contributed by atoms with van der Waals surface area (Å²) in [5.74, 6) is 1.13. The molecule has 0 bridgehead atoms. The maximum Gasteiger partial charge on any atom is 0.407 e. The Hall–Kier alpha value is -2.47. The molecule has 1 amide bonds. The van der Waals surface area contributed by atoms with E-state index < -0.39 is 6.09 Å². The fraction of sp³-hybridized carbons (Fsp3) is 0.263. The SMILES string of the molecule is CC(=O)SCC(COc1ccccc1)NC(=O)OCc1ccccc1. The first-order valence-corrected chi connectivity index (χ1v) is 8.90. The highest BCUT2D eigenvalue weighted by Gasteiger charge is 2.15. The molecular weight excluding hydrogens is 338 g/mol. The minimum Gasteiger partial charge on any atom is -0.491 e. The van der Waals surface area contributed by atoms with E-state index in [1.54, 1.807) is 0 Å². The minimum absolute atomic E-state index is 0.0100. The molecule has 25 heavy (non-hydrogen) atoms. The summed E-state index contributed by atoms with van der Waals surface area (Å²) in [5.41, 5.74) is 0.910. The number of benzene rings is 2. The maximum absolute atomic E-state index is 12.0. The third-order valence-electron chi connectivity index (χ3n) is 3.22. The van der Waals surface area contributed by atoms with E-state index in [1.807, 2.05) is 60.7 Å². The van der Waals surface area contributed by atoms with E-state index in [0.717, 1.165) is 17.3 Å². The molecule has 0 aliphatic heterocycles. The predicted octanol–water partition coefficient (Wildman–Crippen LogP) is 3.64. The van der Waals surface area contributed by atoms with E-state index in [2.05, 4.69) is 5.32 Å². The second-order valence-corrected chi connectivity index (χ2v) is 6.53. The van der Waals surface area contributed by atoms with Crippen LogP contribution in [0.25, 0.3) is 0 Å². The summed E-state index contributed by atoms with van der Waals surface area (Å²) in [6.07, 6.45) is -0.533. The molecule has 0 aliphatic carbocycles. The van der Waals surface area contributed by atoms with Crippen LogP contribution in [-0.2, 0) is 16.1 Å². The van der Waals surface area contributed by atoms with Gasteiger partial charge in [0.25, 0.3) is 0 Å². The quantitative estimate of drug-likeness (QED) is 0.779. The van der Waals surface area contributed by atoms with E-state index in [1.165, 1.54) is 6.92 Å². The van der Waals surface area contributed by atoms with Crippen molar-refractivity contribution in [2.24, 2.45) is 0 Å². The van der Waals surface area contributed by atoms with Gasteiger partial charge in [0.05, 0.1) is 6.04 Å². The topological polar surface area (TPSA) is 64.6 Å². The van der Waals surface area contributed by atoms with Gasteiger partial charge in [-0.2, -0.15) is 0 Å². The minimum atomic E-state index is -0.533. The highest BCUT2D eigenvalue weighted by molar-refractivity contribution is 8.13. The molecule has 0 heterocycles. The molecule has 0 radical (unpaired) electrons. The van der Waals surface area contributed by atoms with Gasteiger partial charge in [0.1, 0.15) is 19.0 Å². The van der Waals surface area contributed by atoms with Crippen molar-refractivity contribution < 1.29 is 19.1 Å². The number of carbonyl (C=O) groups is 2. The smallest absolute Gasteiger partial charge is 0.407 e. The molecule has 0 saturated carbocycles. The molecule has 1 unspecified atom stereocenters. The number of thioether (sulfide) groups is 1. The van der Waals surface area contributed by atoms with Gasteiger partial charge >= 0.3 is 6.09 Å². The van der Waals surface area contributed by atoms with Crippen molar-refractivity contribution in [2.75, 3.05) is 12.4 Å². The fourth-order valence-corrected chi connectivity index (χ4v) is 2.61. The first-order valence-electron chi connectivity index (χ1n) is 7.92. The van der Waals surface area contributed by atoms with Crippen molar-refractivity contribution in [2.45, 2.75) is 19.6 Å². The van der Waals surface area contributed by atoms with Crippen molar-refractivity contribution in [1.29, 1.82) is 0 Å². The van der Waals surface area contributed by atoms with E-state index in [-0.39, 0.29) is 24.4 Å². The lowest BCUT2D eigenvalue weighted by Gasteiger charge is -2.18. The molecule has 2 aromatic rings. The average Bonchev–Trinajstić information content (AvgIpc) is 2.64. The number of para-hydroxylation sites is 1. The van der Waals surface area contributed by atoms with Crippen LogP contribution in [0.5, 0.6) is 5.75 Å². The van der Waals surface area contributed by atoms with E-state index in [4.69, 9.17) is 9.47 Å². The molecule has 0 saturated heterocycles. The van der Waals surface area contributed by atoms with Crippen LogP contribution in [0, 0.1) is 0 Å². The monoisotopic (exact) mass is 359 g/mol. The summed E-state index contributed by atoms with van der Waals surface area (Å²) >= 11 is 1.14. The molecule has 0 aromatic heterocycles. The molecule has 0 aliphatic rings. The van der Waals surface area contributed by atoms with Gasteiger partial charge in [-0.05, 0) is 17.7 Å². The second kappa shape index (κ2) is 10.4. The van der Waals surface area contributed by atoms with Crippen molar-refractivity contribution in [3.63, 3.8) is 0 Å². The van der Waals surface area contributed by atoms with Crippen molar-refractivity contribution in [3.8, 4) is 5.75 Å². The Morgan fingerprint density at radius 2 is 1.68 bits per heavy atom. The number of nitrogens with one attached hydrogen (secondary N) is 1. The molecule has 0 fully saturated rings. The van der Waals surface area contributed by atoms with E-state index in [9.17, 15) is 9.59 Å². The number of hydrogen-bond donors (Lipinski definition) is 1. The van der Waals surface area contributed by atoms with Gasteiger partial charge in [-0.1, -0.05) is 60.3 Å². The van der Waals surface area contributed by atoms with Crippen molar-refractivity contribution in [1.82, 2.24) is 5.32 Å². The summed E-state index contributed by atoms with van der Waals surface area (Å²) in [5, 5.41) is 2.74. The Morgan fingerprint density at radius 1 is 1.04 bits per heavy atom. The van der Waals surface area contributed by atoms with Crippen LogP contribution >= 0.6 is 11.8 Å². The summed E-state index contributed by atoms with van der Waals surface area (Å²) in [7, 11) is 0. The zero-order valence-corrected chi connectivity index (χ0v) is 14.8. The summed E-state index contributed by atoms with van der Waals surface area (Å²) in [4.78, 5) is 23.2. The number of amides is 1. The number of carbonyl (C=O) groups excluding carboxylic acids is 2. The van der Waals surface area contributed by atoms with Gasteiger partial charge in [0.2, 0.25) is 0 Å². The lowest BCUT2D eigenvalue weighted by molar-refractivity contribution is -0.109. The first kappa shape index (κ1) is 18.9. The van der Waals surface area contributed by atoms with Crippen LogP contribution in [0.1, 0.15) is 12.5 Å². The maximum atomic E-state index is 12.0. The zero-order valence-electron chi connectivity index (χ0n) is 14.0. The standard InChI is InChI=1S/C19H21NO4S/c1-15(21)25-14-17(13-23-18-10-6-3-7-11-18)20-19(22)24-12-16-8-4-2-5-9-16/h2-11,17H,12-14H2,1H3,(H,20,22). The number of rotatable bonds is 8. The number of alkyl carbamates (subject to hydrolysis) is 1. The van der Waals surface area contributed by atoms with E-state index >= 15 is 0 Å². The Kier molecular flexibility index (Phi) is 7.85. The van der Waals surface area contributed by atoms with Crippen molar-refractivity contribution in [3.05, 3.63) is 66.2 Å². The normalized spacial score (nSPS) is 11.4. The van der Waals surface area contributed by atoms with Gasteiger partial charge in [-0.25, -0.2) is 4.79 Å².